The van der Waals surface area contributed by atoms with Crippen LogP contribution in [0.1, 0.15) is 45.2 Å². The molecule has 2 fully saturated rings. The molecule has 0 radical (unpaired) electrons. The fourth-order valence-electron chi connectivity index (χ4n) is 11.1. The van der Waals surface area contributed by atoms with Gasteiger partial charge in [0.05, 0.1) is 94.3 Å². The second kappa shape index (κ2) is 22.9. The first kappa shape index (κ1) is 53.5. The Kier molecular flexibility index (Phi) is 15.7. The number of carbonyl (C=O) groups excluding carboxylic acids is 2. The van der Waals surface area contributed by atoms with Crippen molar-refractivity contribution in [2.45, 2.75) is 22.9 Å². The maximum Gasteiger partial charge on any atom is 0.238 e. The largest absolute Gasteiger partial charge is 0.497 e. The molecule has 0 bridgehead atoms. The molecule has 2 heterocycles. The minimum atomic E-state index is -0.901. The Bertz CT molecular complexity index is 2980. The van der Waals surface area contributed by atoms with Crippen LogP contribution < -0.4 is 57.2 Å². The fraction of sp³-hybridized carbons (Fsp3) is 0.219. The summed E-state index contributed by atoms with van der Waals surface area (Å²) >= 11 is 0. The summed E-state index contributed by atoms with van der Waals surface area (Å²) in [5.41, 5.74) is 4.97. The van der Waals surface area contributed by atoms with Crippen molar-refractivity contribution in [1.82, 2.24) is 0 Å². The van der Waals surface area contributed by atoms with Gasteiger partial charge in [0.15, 0.2) is 23.0 Å². The summed E-state index contributed by atoms with van der Waals surface area (Å²) in [5, 5.41) is 0. The van der Waals surface area contributed by atoms with Crippen LogP contribution in [0.4, 0.5) is 11.4 Å². The van der Waals surface area contributed by atoms with E-state index in [2.05, 4.69) is 0 Å². The van der Waals surface area contributed by atoms with E-state index in [4.69, 9.17) is 47.4 Å². The number of amides is 2. The molecule has 0 aliphatic carbocycles. The van der Waals surface area contributed by atoms with E-state index in [1.807, 2.05) is 192 Å². The van der Waals surface area contributed by atoms with E-state index in [-0.39, 0.29) is 11.8 Å². The van der Waals surface area contributed by atoms with Gasteiger partial charge in [-0.25, -0.2) is 0 Å². The number of anilines is 2. The average molecular weight is 1050 g/mol. The van der Waals surface area contributed by atoms with E-state index in [9.17, 15) is 9.59 Å². The van der Waals surface area contributed by atoms with Crippen molar-refractivity contribution in [2.75, 3.05) is 80.9 Å². The molecule has 0 unspecified atom stereocenters. The molecule has 0 spiro atoms. The third-order valence-corrected chi connectivity index (χ3v) is 14.7. The lowest BCUT2D eigenvalue weighted by Gasteiger charge is -2.58. The highest BCUT2D eigenvalue weighted by molar-refractivity contribution is 6.11. The third-order valence-electron chi connectivity index (χ3n) is 14.7. The van der Waals surface area contributed by atoms with Crippen LogP contribution in [0, 0.1) is 0 Å². The number of methoxy groups -OCH3 is 10. The van der Waals surface area contributed by atoms with Crippen LogP contribution in [0.15, 0.2) is 182 Å². The Balaban J connectivity index is 0.000000190. The highest BCUT2D eigenvalue weighted by Gasteiger charge is 2.65. The quantitative estimate of drug-likeness (QED) is 0.0758. The molecule has 0 aromatic heterocycles. The fourth-order valence-corrected chi connectivity index (χ4v) is 11.1. The monoisotopic (exact) mass is 1050 g/mol. The SMILES string of the molecule is COc1ccc(C2(c3ccc(OC)cc3)[C@@H](c3ccccc3)C(=O)N2c2cc(OC)c(OC)c(OC)c2)cc1.COc1ccc(C2(c3ccc(OC)cc3)[C@H](c3ccccc3)C(=O)N2c2cc(OC)c(OC)c(OC)c2)cc1. The highest BCUT2D eigenvalue weighted by Crippen LogP contribution is 2.61. The van der Waals surface area contributed by atoms with Gasteiger partial charge >= 0.3 is 0 Å². The van der Waals surface area contributed by atoms with E-state index in [1.165, 1.54) is 0 Å². The first-order valence-electron chi connectivity index (χ1n) is 25.0. The minimum absolute atomic E-state index is 0.0536. The number of hydrogen-bond acceptors (Lipinski definition) is 12. The lowest BCUT2D eigenvalue weighted by Crippen LogP contribution is -2.68. The Morgan fingerprint density at radius 1 is 0.308 bits per heavy atom. The van der Waals surface area contributed by atoms with E-state index < -0.39 is 22.9 Å². The third kappa shape index (κ3) is 9.02. The highest BCUT2D eigenvalue weighted by atomic mass is 16.5. The Hall–Kier alpha value is -9.30. The molecule has 2 aliphatic rings. The standard InChI is InChI=1S/2C32H31NO6/c2*1-35-25-15-11-22(12-16-25)32(23-13-17-26(36-2)18-14-23)29(21-9-7-6-8-10-21)31(34)33(32)24-19-27(37-3)30(39-5)28(20-24)38-4/h2*6-20,29H,1-5H3/t2*29-/m10/s1. The van der Waals surface area contributed by atoms with Crippen LogP contribution in [-0.2, 0) is 20.7 Å². The smallest absolute Gasteiger partial charge is 0.238 e. The van der Waals surface area contributed by atoms with Gasteiger partial charge in [-0.3, -0.25) is 19.4 Å². The Labute approximate surface area is 455 Å². The molecular weight excluding hydrogens is 989 g/mol. The second-order valence-corrected chi connectivity index (χ2v) is 18.2. The number of carbonyl (C=O) groups is 2. The molecule has 10 rings (SSSR count). The van der Waals surface area contributed by atoms with Gasteiger partial charge in [0.25, 0.3) is 0 Å². The van der Waals surface area contributed by atoms with Crippen LogP contribution in [0.25, 0.3) is 0 Å². The first-order valence-corrected chi connectivity index (χ1v) is 25.0. The number of rotatable bonds is 18. The van der Waals surface area contributed by atoms with Gasteiger partial charge in [0, 0.05) is 24.3 Å². The molecule has 0 saturated carbocycles. The van der Waals surface area contributed by atoms with Crippen molar-refractivity contribution in [2.24, 2.45) is 0 Å². The van der Waals surface area contributed by atoms with E-state index >= 15 is 0 Å². The normalized spacial score (nSPS) is 15.8. The van der Waals surface area contributed by atoms with Crippen molar-refractivity contribution < 1.29 is 57.0 Å². The summed E-state index contributed by atoms with van der Waals surface area (Å²) in [6.07, 6.45) is 0. The van der Waals surface area contributed by atoms with Crippen molar-refractivity contribution >= 4 is 23.2 Å². The topological polar surface area (TPSA) is 133 Å². The van der Waals surface area contributed by atoms with Crippen LogP contribution in [0.3, 0.4) is 0 Å². The number of nitrogens with zero attached hydrogens (tertiary/aromatic N) is 2. The minimum Gasteiger partial charge on any atom is -0.497 e. The molecule has 2 amide bonds. The maximum absolute atomic E-state index is 14.3. The van der Waals surface area contributed by atoms with Gasteiger partial charge in [0.2, 0.25) is 23.3 Å². The summed E-state index contributed by atoms with van der Waals surface area (Å²) in [6.45, 7) is 0. The zero-order chi connectivity index (χ0) is 55.1. The zero-order valence-electron chi connectivity index (χ0n) is 45.3. The van der Waals surface area contributed by atoms with Crippen LogP contribution >= 0.6 is 0 Å². The predicted molar refractivity (Wildman–Crippen MR) is 299 cm³/mol. The molecule has 2 aliphatic heterocycles. The van der Waals surface area contributed by atoms with Gasteiger partial charge < -0.3 is 47.4 Å². The summed E-state index contributed by atoms with van der Waals surface area (Å²) < 4.78 is 55.5. The zero-order valence-corrected chi connectivity index (χ0v) is 45.3. The molecule has 14 nitrogen and oxygen atoms in total. The molecule has 0 N–H and O–H groups in total. The lowest BCUT2D eigenvalue weighted by atomic mass is 9.62. The first-order chi connectivity index (χ1) is 38.0. The summed E-state index contributed by atoms with van der Waals surface area (Å²) in [6, 6.07) is 58.4. The molecule has 14 heteroatoms. The molecule has 2 saturated heterocycles. The van der Waals surface area contributed by atoms with E-state index in [1.54, 1.807) is 71.1 Å². The van der Waals surface area contributed by atoms with E-state index in [0.29, 0.717) is 45.9 Å². The van der Waals surface area contributed by atoms with E-state index in [0.717, 1.165) is 56.4 Å². The number of benzene rings is 8. The maximum atomic E-state index is 14.3. The van der Waals surface area contributed by atoms with Crippen molar-refractivity contribution in [3.05, 3.63) is 215 Å². The Morgan fingerprint density at radius 2 is 0.551 bits per heavy atom. The van der Waals surface area contributed by atoms with Gasteiger partial charge in [-0.05, 0) is 81.9 Å². The van der Waals surface area contributed by atoms with Crippen molar-refractivity contribution in [1.29, 1.82) is 0 Å². The van der Waals surface area contributed by atoms with Gasteiger partial charge in [-0.2, -0.15) is 0 Å². The molecular formula is C64H62N2O12. The molecule has 400 valence electrons. The van der Waals surface area contributed by atoms with Crippen LogP contribution in [0.5, 0.6) is 57.5 Å². The second-order valence-electron chi connectivity index (χ2n) is 18.2. The summed E-state index contributed by atoms with van der Waals surface area (Å²) in [4.78, 5) is 32.2. The predicted octanol–water partition coefficient (Wildman–Crippen LogP) is 11.6. The van der Waals surface area contributed by atoms with Gasteiger partial charge in [0.1, 0.15) is 34.1 Å². The molecule has 8 aromatic rings. The van der Waals surface area contributed by atoms with Gasteiger partial charge in [-0.15, -0.1) is 0 Å². The van der Waals surface area contributed by atoms with Crippen LogP contribution in [0.2, 0.25) is 0 Å². The number of β-lactam (4-membered cyclic amide) rings is 2. The number of ether oxygens (including phenoxy) is 10. The average Bonchev–Trinajstić information content (AvgIpc) is 2.80. The lowest BCUT2D eigenvalue weighted by molar-refractivity contribution is -0.130. The van der Waals surface area contributed by atoms with Crippen molar-refractivity contribution in [3.8, 4) is 57.5 Å². The Morgan fingerprint density at radius 3 is 0.756 bits per heavy atom. The summed E-state index contributed by atoms with van der Waals surface area (Å²) in [5.74, 6) is 4.55. The number of hydrogen-bond donors (Lipinski definition) is 0. The van der Waals surface area contributed by atoms with Gasteiger partial charge in [-0.1, -0.05) is 109 Å². The van der Waals surface area contributed by atoms with Crippen LogP contribution in [-0.4, -0.2) is 82.9 Å². The molecule has 78 heavy (non-hydrogen) atoms. The van der Waals surface area contributed by atoms with Crippen molar-refractivity contribution in [3.63, 3.8) is 0 Å². The summed E-state index contributed by atoms with van der Waals surface area (Å²) in [7, 11) is 15.9. The molecule has 8 aromatic carbocycles. The molecule has 2 atom stereocenters.